The maximum absolute atomic E-state index is 12.4. The fraction of sp³-hybridized carbons (Fsp3) is 0.400. The van der Waals surface area contributed by atoms with Gasteiger partial charge in [-0.2, -0.15) is 0 Å². The summed E-state index contributed by atoms with van der Waals surface area (Å²) >= 11 is 0. The van der Waals surface area contributed by atoms with E-state index in [1.165, 1.54) is 0 Å². The van der Waals surface area contributed by atoms with Crippen molar-refractivity contribution in [1.82, 2.24) is 5.32 Å². The number of imide groups is 1. The number of hydrogen-bond donors (Lipinski definition) is 1. The number of aryl methyl sites for hydroxylation is 1. The van der Waals surface area contributed by atoms with Gasteiger partial charge in [0, 0.05) is 23.8 Å². The van der Waals surface area contributed by atoms with Gasteiger partial charge < -0.3 is 0 Å². The standard InChI is InChI=1S/C15H15NO3/c1-8-2-3-10-9(6-8)7-12(14(10)18)11-4-5-13(17)16-15(11)19/h2-3,6,11-12H,4-5,7H2,1H3,(H,16,17,19). The van der Waals surface area contributed by atoms with Crippen LogP contribution < -0.4 is 5.32 Å². The van der Waals surface area contributed by atoms with Crippen molar-refractivity contribution < 1.29 is 14.4 Å². The molecule has 2 aliphatic rings. The van der Waals surface area contributed by atoms with E-state index in [0.29, 0.717) is 19.3 Å². The summed E-state index contributed by atoms with van der Waals surface area (Å²) in [6.45, 7) is 1.99. The average Bonchev–Trinajstić information content (AvgIpc) is 2.66. The Kier molecular flexibility index (Phi) is 2.73. The Morgan fingerprint density at radius 2 is 1.95 bits per heavy atom. The molecule has 1 aromatic rings. The van der Waals surface area contributed by atoms with Crippen molar-refractivity contribution in [1.29, 1.82) is 0 Å². The molecule has 0 spiro atoms. The van der Waals surface area contributed by atoms with E-state index >= 15 is 0 Å². The highest BCUT2D eigenvalue weighted by Crippen LogP contribution is 2.35. The lowest BCUT2D eigenvalue weighted by atomic mass is 9.83. The van der Waals surface area contributed by atoms with Crippen LogP contribution in [-0.2, 0) is 16.0 Å². The van der Waals surface area contributed by atoms with Gasteiger partial charge in [-0.25, -0.2) is 0 Å². The van der Waals surface area contributed by atoms with Crippen molar-refractivity contribution in [3.63, 3.8) is 0 Å². The Balaban J connectivity index is 1.87. The van der Waals surface area contributed by atoms with Crippen LogP contribution >= 0.6 is 0 Å². The zero-order valence-corrected chi connectivity index (χ0v) is 10.7. The highest BCUT2D eigenvalue weighted by Gasteiger charge is 2.41. The molecular weight excluding hydrogens is 242 g/mol. The van der Waals surface area contributed by atoms with Gasteiger partial charge in [0.15, 0.2) is 5.78 Å². The van der Waals surface area contributed by atoms with Crippen molar-refractivity contribution in [3.05, 3.63) is 34.9 Å². The van der Waals surface area contributed by atoms with Crippen LogP contribution in [0.4, 0.5) is 0 Å². The molecule has 1 saturated heterocycles. The molecular formula is C15H15NO3. The molecule has 0 bridgehead atoms. The number of fused-ring (bicyclic) bond motifs is 1. The van der Waals surface area contributed by atoms with Gasteiger partial charge in [-0.05, 0) is 25.3 Å². The van der Waals surface area contributed by atoms with E-state index in [1.54, 1.807) is 0 Å². The van der Waals surface area contributed by atoms with Crippen LogP contribution in [-0.4, -0.2) is 17.6 Å². The molecule has 1 aliphatic heterocycles. The molecule has 4 nitrogen and oxygen atoms in total. The average molecular weight is 257 g/mol. The minimum absolute atomic E-state index is 0.0458. The van der Waals surface area contributed by atoms with Gasteiger partial charge in [0.05, 0.1) is 0 Å². The molecule has 4 heteroatoms. The minimum atomic E-state index is -0.363. The van der Waals surface area contributed by atoms with E-state index in [9.17, 15) is 14.4 Å². The second-order valence-corrected chi connectivity index (χ2v) is 5.39. The van der Waals surface area contributed by atoms with Gasteiger partial charge in [0.2, 0.25) is 11.8 Å². The number of rotatable bonds is 1. The van der Waals surface area contributed by atoms with Crippen LogP contribution in [0.3, 0.4) is 0 Å². The van der Waals surface area contributed by atoms with Crippen molar-refractivity contribution in [2.45, 2.75) is 26.2 Å². The van der Waals surface area contributed by atoms with E-state index in [1.807, 2.05) is 25.1 Å². The normalized spacial score (nSPS) is 26.3. The molecule has 0 saturated carbocycles. The van der Waals surface area contributed by atoms with Crippen LogP contribution in [0.25, 0.3) is 0 Å². The van der Waals surface area contributed by atoms with Gasteiger partial charge in [-0.3, -0.25) is 19.7 Å². The topological polar surface area (TPSA) is 63.2 Å². The molecule has 2 amide bonds. The number of ketones is 1. The molecule has 1 heterocycles. The van der Waals surface area contributed by atoms with Crippen molar-refractivity contribution >= 4 is 17.6 Å². The predicted octanol–water partition coefficient (Wildman–Crippen LogP) is 1.40. The summed E-state index contributed by atoms with van der Waals surface area (Å²) in [6.07, 6.45) is 1.42. The summed E-state index contributed by atoms with van der Waals surface area (Å²) in [5.74, 6) is -1.15. The van der Waals surface area contributed by atoms with Crippen molar-refractivity contribution in [3.8, 4) is 0 Å². The molecule has 1 aliphatic carbocycles. The first-order valence-electron chi connectivity index (χ1n) is 6.53. The quantitative estimate of drug-likeness (QED) is 0.773. The van der Waals surface area contributed by atoms with Crippen LogP contribution in [0.15, 0.2) is 18.2 Å². The Morgan fingerprint density at radius 1 is 1.16 bits per heavy atom. The number of amides is 2. The first kappa shape index (κ1) is 12.1. The SMILES string of the molecule is Cc1ccc2c(c1)CC(C1CCC(=O)NC1=O)C2=O. The Labute approximate surface area is 111 Å². The fourth-order valence-corrected chi connectivity index (χ4v) is 3.08. The van der Waals surface area contributed by atoms with Crippen LogP contribution in [0.2, 0.25) is 0 Å². The molecule has 2 unspecified atom stereocenters. The molecule has 3 rings (SSSR count). The second kappa shape index (κ2) is 4.30. The van der Waals surface area contributed by atoms with Crippen LogP contribution in [0.1, 0.15) is 34.3 Å². The van der Waals surface area contributed by atoms with Crippen molar-refractivity contribution in [2.24, 2.45) is 11.8 Å². The molecule has 98 valence electrons. The lowest BCUT2D eigenvalue weighted by Crippen LogP contribution is -2.44. The van der Waals surface area contributed by atoms with Gasteiger partial charge in [0.25, 0.3) is 0 Å². The maximum atomic E-state index is 12.4. The molecule has 0 radical (unpaired) electrons. The van der Waals surface area contributed by atoms with Gasteiger partial charge >= 0.3 is 0 Å². The van der Waals surface area contributed by atoms with E-state index in [0.717, 1.165) is 16.7 Å². The molecule has 19 heavy (non-hydrogen) atoms. The zero-order chi connectivity index (χ0) is 13.6. The van der Waals surface area contributed by atoms with Gasteiger partial charge in [0.1, 0.15) is 0 Å². The van der Waals surface area contributed by atoms with Gasteiger partial charge in [-0.15, -0.1) is 0 Å². The Morgan fingerprint density at radius 3 is 2.68 bits per heavy atom. The number of benzene rings is 1. The smallest absolute Gasteiger partial charge is 0.230 e. The number of carbonyl (C=O) groups is 3. The summed E-state index contributed by atoms with van der Waals surface area (Å²) in [5, 5.41) is 2.33. The predicted molar refractivity (Wildman–Crippen MR) is 68.6 cm³/mol. The molecule has 1 aromatic carbocycles. The minimum Gasteiger partial charge on any atom is -0.296 e. The molecule has 1 N–H and O–H groups in total. The lowest BCUT2D eigenvalue weighted by molar-refractivity contribution is -0.137. The lowest BCUT2D eigenvalue weighted by Gasteiger charge is -2.24. The molecule has 2 atom stereocenters. The number of piperidine rings is 1. The number of hydrogen-bond acceptors (Lipinski definition) is 3. The van der Waals surface area contributed by atoms with Crippen molar-refractivity contribution in [2.75, 3.05) is 0 Å². The van der Waals surface area contributed by atoms with Crippen LogP contribution in [0, 0.1) is 18.8 Å². The number of nitrogens with one attached hydrogen (secondary N) is 1. The van der Waals surface area contributed by atoms with E-state index in [-0.39, 0.29) is 29.4 Å². The van der Waals surface area contributed by atoms with E-state index < -0.39 is 0 Å². The largest absolute Gasteiger partial charge is 0.296 e. The second-order valence-electron chi connectivity index (χ2n) is 5.39. The maximum Gasteiger partial charge on any atom is 0.230 e. The first-order chi connectivity index (χ1) is 9.06. The van der Waals surface area contributed by atoms with Gasteiger partial charge in [-0.1, -0.05) is 23.8 Å². The van der Waals surface area contributed by atoms with E-state index in [2.05, 4.69) is 5.32 Å². The molecule has 0 aromatic heterocycles. The Hall–Kier alpha value is -1.97. The number of Topliss-reactive ketones (excluding diaryl/α,β-unsaturated/α-hetero) is 1. The third-order valence-electron chi connectivity index (χ3n) is 4.07. The molecule has 1 fully saturated rings. The Bertz CT molecular complexity index is 591. The van der Waals surface area contributed by atoms with Crippen LogP contribution in [0.5, 0.6) is 0 Å². The number of carbonyl (C=O) groups excluding carboxylic acids is 3. The summed E-state index contributed by atoms with van der Waals surface area (Å²) in [6, 6.07) is 5.78. The highest BCUT2D eigenvalue weighted by atomic mass is 16.2. The summed E-state index contributed by atoms with van der Waals surface area (Å²) in [5.41, 5.74) is 2.88. The monoisotopic (exact) mass is 257 g/mol. The zero-order valence-electron chi connectivity index (χ0n) is 10.7. The summed E-state index contributed by atoms with van der Waals surface area (Å²) in [7, 11) is 0. The summed E-state index contributed by atoms with van der Waals surface area (Å²) < 4.78 is 0. The third kappa shape index (κ3) is 1.97. The highest BCUT2D eigenvalue weighted by molar-refractivity contribution is 6.07. The van der Waals surface area contributed by atoms with E-state index in [4.69, 9.17) is 0 Å². The fourth-order valence-electron chi connectivity index (χ4n) is 3.08. The summed E-state index contributed by atoms with van der Waals surface area (Å²) in [4.78, 5) is 35.4. The third-order valence-corrected chi connectivity index (χ3v) is 4.07. The first-order valence-corrected chi connectivity index (χ1v) is 6.53.